The highest BCUT2D eigenvalue weighted by Gasteiger charge is 2.49. The minimum Gasteiger partial charge on any atom is -0.231 e. The van der Waals surface area contributed by atoms with Crippen molar-refractivity contribution in [2.45, 2.75) is 31.1 Å². The lowest BCUT2D eigenvalue weighted by molar-refractivity contribution is -0.173. The third-order valence-corrected chi connectivity index (χ3v) is 6.49. The Morgan fingerprint density at radius 3 is 2.34 bits per heavy atom. The highest BCUT2D eigenvalue weighted by Crippen LogP contribution is 2.40. The van der Waals surface area contributed by atoms with Gasteiger partial charge in [-0.05, 0) is 36.8 Å². The van der Waals surface area contributed by atoms with E-state index in [9.17, 15) is 26.0 Å². The fraction of sp³-hybridized carbons (Fsp3) is 0.294. The Morgan fingerprint density at radius 2 is 1.79 bits per heavy atom. The summed E-state index contributed by atoms with van der Waals surface area (Å²) in [5, 5.41) is 3.30. The maximum absolute atomic E-state index is 13.9. The maximum Gasteiger partial charge on any atom is 0.409 e. The number of imidazole rings is 1. The highest BCUT2D eigenvalue weighted by atomic mass is 35.5. The van der Waals surface area contributed by atoms with E-state index in [2.05, 4.69) is 10.1 Å². The van der Waals surface area contributed by atoms with Crippen molar-refractivity contribution >= 4 is 27.3 Å². The zero-order valence-electron chi connectivity index (χ0n) is 15.2. The molecule has 0 saturated heterocycles. The first-order chi connectivity index (χ1) is 13.5. The molecule has 29 heavy (non-hydrogen) atoms. The molecule has 3 rings (SSSR count). The first kappa shape index (κ1) is 21.5. The van der Waals surface area contributed by atoms with Crippen molar-refractivity contribution in [3.8, 4) is 0 Å². The average Bonchev–Trinajstić information content (AvgIpc) is 2.93. The third kappa shape index (κ3) is 3.94. The summed E-state index contributed by atoms with van der Waals surface area (Å²) in [6, 6.07) is 3.33. The second-order valence-corrected chi connectivity index (χ2v) is 8.33. The van der Waals surface area contributed by atoms with Crippen molar-refractivity contribution in [3.05, 3.63) is 58.6 Å². The lowest BCUT2D eigenvalue weighted by Crippen LogP contribution is -2.42. The molecule has 1 aromatic carbocycles. The molecule has 2 aromatic heterocycles. The van der Waals surface area contributed by atoms with E-state index in [0.29, 0.717) is 5.69 Å². The van der Waals surface area contributed by atoms with Gasteiger partial charge in [0.2, 0.25) is 0 Å². The van der Waals surface area contributed by atoms with Crippen LogP contribution in [0.4, 0.5) is 17.6 Å². The number of nitrogens with zero attached hydrogens (tertiary/aromatic N) is 4. The Morgan fingerprint density at radius 1 is 1.17 bits per heavy atom. The number of sulfonamides is 1. The first-order valence-corrected chi connectivity index (χ1v) is 10.1. The molecule has 3 aromatic rings. The van der Waals surface area contributed by atoms with Crippen LogP contribution in [0.15, 0.2) is 41.4 Å². The van der Waals surface area contributed by atoms with E-state index in [-0.39, 0.29) is 15.1 Å². The van der Waals surface area contributed by atoms with E-state index >= 15 is 0 Å². The Balaban J connectivity index is 2.15. The summed E-state index contributed by atoms with van der Waals surface area (Å²) < 4.78 is 82.2. The molecule has 0 N–H and O–H groups in total. The molecule has 0 saturated carbocycles. The SMILES string of the molecule is CCN(C(c1ccc(F)cc1)C(F)(F)F)S(=O)(=O)c1ccc2nc(C)c(Cl)n2n1. The largest absolute Gasteiger partial charge is 0.409 e. The van der Waals surface area contributed by atoms with Crippen molar-refractivity contribution in [1.29, 1.82) is 0 Å². The predicted molar refractivity (Wildman–Crippen MR) is 97.5 cm³/mol. The van der Waals surface area contributed by atoms with Gasteiger partial charge >= 0.3 is 6.18 Å². The van der Waals surface area contributed by atoms with E-state index in [1.165, 1.54) is 13.0 Å². The van der Waals surface area contributed by atoms with Crippen molar-refractivity contribution in [2.75, 3.05) is 6.54 Å². The number of rotatable bonds is 5. The summed E-state index contributed by atoms with van der Waals surface area (Å²) in [6.07, 6.45) is -4.95. The Kier molecular flexibility index (Phi) is 5.58. The van der Waals surface area contributed by atoms with E-state index < -0.39 is 45.2 Å². The summed E-state index contributed by atoms with van der Waals surface area (Å²) in [6.45, 7) is 2.35. The number of aryl methyl sites for hydroxylation is 1. The van der Waals surface area contributed by atoms with Crippen molar-refractivity contribution in [3.63, 3.8) is 0 Å². The minimum atomic E-state index is -4.95. The second-order valence-electron chi connectivity index (χ2n) is 6.13. The Bertz CT molecular complexity index is 1150. The van der Waals surface area contributed by atoms with Gasteiger partial charge in [0.1, 0.15) is 11.9 Å². The quantitative estimate of drug-likeness (QED) is 0.548. The average molecular weight is 451 g/mol. The molecule has 6 nitrogen and oxygen atoms in total. The Labute approximate surface area is 168 Å². The number of halogens is 5. The number of aromatic nitrogens is 3. The molecule has 0 fully saturated rings. The molecule has 0 aliphatic rings. The van der Waals surface area contributed by atoms with Gasteiger partial charge in [0.25, 0.3) is 10.0 Å². The molecule has 0 amide bonds. The van der Waals surface area contributed by atoms with Crippen LogP contribution in [0, 0.1) is 12.7 Å². The summed E-state index contributed by atoms with van der Waals surface area (Å²) in [5.74, 6) is -0.738. The van der Waals surface area contributed by atoms with Crippen LogP contribution in [0.25, 0.3) is 5.65 Å². The van der Waals surface area contributed by atoms with Gasteiger partial charge in [0.15, 0.2) is 15.8 Å². The first-order valence-electron chi connectivity index (χ1n) is 8.32. The van der Waals surface area contributed by atoms with Crippen LogP contribution in [-0.2, 0) is 10.0 Å². The molecule has 1 atom stereocenters. The van der Waals surface area contributed by atoms with Gasteiger partial charge in [0, 0.05) is 6.54 Å². The second kappa shape index (κ2) is 7.54. The van der Waals surface area contributed by atoms with Gasteiger partial charge in [-0.3, -0.25) is 0 Å². The highest BCUT2D eigenvalue weighted by molar-refractivity contribution is 7.89. The van der Waals surface area contributed by atoms with Crippen molar-refractivity contribution in [2.24, 2.45) is 0 Å². The van der Waals surface area contributed by atoms with E-state index in [4.69, 9.17) is 11.6 Å². The molecule has 0 spiro atoms. The number of hydrogen-bond acceptors (Lipinski definition) is 4. The number of fused-ring (bicyclic) bond motifs is 1. The monoisotopic (exact) mass is 450 g/mol. The van der Waals surface area contributed by atoms with Crippen LogP contribution in [0.5, 0.6) is 0 Å². The van der Waals surface area contributed by atoms with Gasteiger partial charge < -0.3 is 0 Å². The zero-order chi connectivity index (χ0) is 21.6. The van der Waals surface area contributed by atoms with Gasteiger partial charge in [0.05, 0.1) is 5.69 Å². The number of benzene rings is 1. The molecule has 156 valence electrons. The molecule has 1 unspecified atom stereocenters. The van der Waals surface area contributed by atoms with Crippen LogP contribution < -0.4 is 0 Å². The van der Waals surface area contributed by atoms with Crippen molar-refractivity contribution < 1.29 is 26.0 Å². The van der Waals surface area contributed by atoms with Crippen LogP contribution in [0.1, 0.15) is 24.2 Å². The molecule has 0 bridgehead atoms. The summed E-state index contributed by atoms with van der Waals surface area (Å²) in [5.41, 5.74) is 0.225. The lowest BCUT2D eigenvalue weighted by Gasteiger charge is -2.31. The summed E-state index contributed by atoms with van der Waals surface area (Å²) in [4.78, 5) is 4.08. The maximum atomic E-state index is 13.9. The summed E-state index contributed by atoms with van der Waals surface area (Å²) in [7, 11) is -4.69. The molecule has 0 aliphatic carbocycles. The van der Waals surface area contributed by atoms with Gasteiger partial charge in [-0.15, -0.1) is 0 Å². The fourth-order valence-corrected chi connectivity index (χ4v) is 4.60. The normalized spacial score (nSPS) is 13.9. The van der Waals surface area contributed by atoms with Crippen LogP contribution in [0.2, 0.25) is 5.15 Å². The zero-order valence-corrected chi connectivity index (χ0v) is 16.7. The van der Waals surface area contributed by atoms with Gasteiger partial charge in [-0.1, -0.05) is 30.7 Å². The molecule has 12 heteroatoms. The number of alkyl halides is 3. The van der Waals surface area contributed by atoms with Crippen LogP contribution in [0.3, 0.4) is 0 Å². The van der Waals surface area contributed by atoms with Gasteiger partial charge in [-0.25, -0.2) is 22.3 Å². The Hall–Kier alpha value is -2.24. The topological polar surface area (TPSA) is 67.6 Å². The smallest absolute Gasteiger partial charge is 0.231 e. The molecule has 0 aliphatic heterocycles. The molecular weight excluding hydrogens is 436 g/mol. The molecule has 2 heterocycles. The number of hydrogen-bond donors (Lipinski definition) is 0. The van der Waals surface area contributed by atoms with Gasteiger partial charge in [-0.2, -0.15) is 22.6 Å². The fourth-order valence-electron chi connectivity index (χ4n) is 2.91. The minimum absolute atomic E-state index is 0.0472. The molecule has 0 radical (unpaired) electrons. The standard InChI is InChI=1S/C17H15ClF4N4O2S/c1-3-25(15(17(20,21)22)11-4-6-12(19)7-5-11)29(27,28)14-9-8-13-23-10(2)16(18)26(13)24-14/h4-9,15H,3H2,1-2H3. The van der Waals surface area contributed by atoms with E-state index in [0.717, 1.165) is 34.8 Å². The predicted octanol–water partition coefficient (Wildman–Crippen LogP) is 4.14. The van der Waals surface area contributed by atoms with Crippen LogP contribution >= 0.6 is 11.6 Å². The van der Waals surface area contributed by atoms with E-state index in [1.807, 2.05) is 0 Å². The molecular formula is C17H15ClF4N4O2S. The lowest BCUT2D eigenvalue weighted by atomic mass is 10.1. The van der Waals surface area contributed by atoms with Crippen LogP contribution in [-0.4, -0.2) is 40.0 Å². The van der Waals surface area contributed by atoms with Crippen molar-refractivity contribution in [1.82, 2.24) is 18.9 Å². The summed E-state index contributed by atoms with van der Waals surface area (Å²) >= 11 is 6.04. The third-order valence-electron chi connectivity index (χ3n) is 4.23. The van der Waals surface area contributed by atoms with E-state index in [1.54, 1.807) is 6.92 Å².